The maximum atomic E-state index is 11.5. The van der Waals surface area contributed by atoms with Crippen LogP contribution in [0.25, 0.3) is 5.57 Å². The lowest BCUT2D eigenvalue weighted by Gasteiger charge is -2.08. The van der Waals surface area contributed by atoms with Crippen molar-refractivity contribution in [3.05, 3.63) is 53.1 Å². The Labute approximate surface area is 108 Å². The molecule has 1 aromatic carbocycles. The number of fused-ring (bicyclic) bond motifs is 1. The molecule has 0 saturated heterocycles. The smallest absolute Gasteiger partial charge is 0.340 e. The van der Waals surface area contributed by atoms with Gasteiger partial charge in [-0.1, -0.05) is 24.3 Å². The van der Waals surface area contributed by atoms with Gasteiger partial charge in [0, 0.05) is 5.56 Å². The van der Waals surface area contributed by atoms with Crippen molar-refractivity contribution in [2.45, 2.75) is 17.9 Å². The molecule has 1 aliphatic heterocycles. The second-order valence-electron chi connectivity index (χ2n) is 4.16. The Hall–Kier alpha value is -1.35. The molecule has 3 rings (SSSR count). The molecule has 2 nitrogen and oxygen atoms in total. The van der Waals surface area contributed by atoms with E-state index in [4.69, 9.17) is 4.74 Å². The number of hydrogen-bond acceptors (Lipinski definition) is 2. The Kier molecular flexibility index (Phi) is 2.63. The van der Waals surface area contributed by atoms with Crippen LogP contribution in [0.3, 0.4) is 0 Å². The largest absolute Gasteiger partial charge is 0.442 e. The van der Waals surface area contributed by atoms with Gasteiger partial charge in [0.05, 0.1) is 5.56 Å². The normalized spacial score (nSPS) is 22.1. The average Bonchev–Trinajstić information content (AvgIpc) is 2.66. The van der Waals surface area contributed by atoms with Crippen LogP contribution in [0.4, 0.5) is 0 Å². The number of ether oxygens (including phenoxy) is 1. The van der Waals surface area contributed by atoms with Gasteiger partial charge in [-0.15, -0.1) is 0 Å². The summed E-state index contributed by atoms with van der Waals surface area (Å²) in [5.74, 6) is -0.249. The maximum Gasteiger partial charge on any atom is 0.340 e. The fourth-order valence-corrected chi connectivity index (χ4v) is 2.71. The van der Waals surface area contributed by atoms with Crippen LogP contribution in [0.2, 0.25) is 0 Å². The third-order valence-corrected chi connectivity index (χ3v) is 3.73. The number of allylic oxidation sites excluding steroid dienone is 4. The number of rotatable bonds is 1. The number of esters is 1. The first-order valence-corrected chi connectivity index (χ1v) is 6.53. The van der Waals surface area contributed by atoms with E-state index in [0.717, 1.165) is 24.0 Å². The van der Waals surface area contributed by atoms with Crippen LogP contribution < -0.4 is 0 Å². The van der Waals surface area contributed by atoms with E-state index in [0.29, 0.717) is 5.56 Å². The third kappa shape index (κ3) is 1.84. The summed E-state index contributed by atoms with van der Waals surface area (Å²) in [5.41, 5.74) is 3.95. The topological polar surface area (TPSA) is 26.3 Å². The molecular formula is C14H11BrO2. The van der Waals surface area contributed by atoms with Crippen molar-refractivity contribution in [1.29, 1.82) is 0 Å². The highest BCUT2D eigenvalue weighted by atomic mass is 79.9. The molecule has 17 heavy (non-hydrogen) atoms. The summed E-state index contributed by atoms with van der Waals surface area (Å²) in [7, 11) is 0. The highest BCUT2D eigenvalue weighted by Crippen LogP contribution is 2.37. The van der Waals surface area contributed by atoms with E-state index in [9.17, 15) is 4.79 Å². The summed E-state index contributed by atoms with van der Waals surface area (Å²) in [6, 6.07) is 5.85. The van der Waals surface area contributed by atoms with Crippen molar-refractivity contribution in [2.75, 3.05) is 0 Å². The van der Waals surface area contributed by atoms with Crippen LogP contribution in [-0.2, 0) is 4.74 Å². The van der Waals surface area contributed by atoms with E-state index in [1.807, 2.05) is 18.2 Å². The Morgan fingerprint density at radius 1 is 1.29 bits per heavy atom. The van der Waals surface area contributed by atoms with Crippen LogP contribution >= 0.6 is 15.9 Å². The van der Waals surface area contributed by atoms with Crippen LogP contribution in [-0.4, -0.2) is 5.97 Å². The van der Waals surface area contributed by atoms with Crippen LogP contribution in [0.1, 0.15) is 39.3 Å². The summed E-state index contributed by atoms with van der Waals surface area (Å²) in [4.78, 5) is 11.5. The van der Waals surface area contributed by atoms with Crippen LogP contribution in [0.5, 0.6) is 0 Å². The van der Waals surface area contributed by atoms with Gasteiger partial charge in [0.1, 0.15) is 0 Å². The number of carbonyl (C=O) groups excluding carboxylic acids is 1. The highest BCUT2D eigenvalue weighted by Gasteiger charge is 2.29. The fourth-order valence-electron chi connectivity index (χ4n) is 2.16. The first kappa shape index (κ1) is 10.8. The Balaban J connectivity index is 2.04. The Bertz CT molecular complexity index is 543. The lowest BCUT2D eigenvalue weighted by molar-refractivity contribution is 0.0530. The Morgan fingerprint density at radius 2 is 2.18 bits per heavy atom. The van der Waals surface area contributed by atoms with Crippen molar-refractivity contribution in [1.82, 2.24) is 0 Å². The molecule has 0 fully saturated rings. The molecule has 1 aromatic rings. The zero-order chi connectivity index (χ0) is 11.8. The fraction of sp³-hybridized carbons (Fsp3) is 0.214. The standard InChI is InChI=1S/C14H11BrO2/c15-13-12-8-10(9-4-2-1-3-5-9)6-7-11(12)14(16)17-13/h2,4-8,13H,1,3H2. The number of cyclic esters (lactones) is 1. The highest BCUT2D eigenvalue weighted by molar-refractivity contribution is 9.09. The summed E-state index contributed by atoms with van der Waals surface area (Å²) in [6.45, 7) is 0. The molecule has 86 valence electrons. The maximum absolute atomic E-state index is 11.5. The monoisotopic (exact) mass is 290 g/mol. The van der Waals surface area contributed by atoms with E-state index >= 15 is 0 Å². The van der Waals surface area contributed by atoms with Gasteiger partial charge >= 0.3 is 5.97 Å². The van der Waals surface area contributed by atoms with Crippen molar-refractivity contribution in [3.63, 3.8) is 0 Å². The SMILES string of the molecule is O=C1OC(Br)c2cc(C3=CCCC=C3)ccc21. The molecule has 0 N–H and O–H groups in total. The molecule has 3 heteroatoms. The first-order valence-electron chi connectivity index (χ1n) is 5.62. The molecule has 2 aliphatic rings. The van der Waals surface area contributed by atoms with E-state index in [1.165, 1.54) is 5.57 Å². The second-order valence-corrected chi connectivity index (χ2v) is 4.99. The number of carbonyl (C=O) groups is 1. The molecule has 0 aromatic heterocycles. The minimum Gasteiger partial charge on any atom is -0.442 e. The minimum absolute atomic E-state index is 0.249. The summed E-state index contributed by atoms with van der Waals surface area (Å²) in [6.07, 6.45) is 8.72. The van der Waals surface area contributed by atoms with E-state index in [1.54, 1.807) is 0 Å². The quantitative estimate of drug-likeness (QED) is 0.578. The van der Waals surface area contributed by atoms with Gasteiger partial charge < -0.3 is 4.74 Å². The predicted molar refractivity (Wildman–Crippen MR) is 69.9 cm³/mol. The summed E-state index contributed by atoms with van der Waals surface area (Å²) >= 11 is 3.36. The molecule has 0 bridgehead atoms. The van der Waals surface area contributed by atoms with Gasteiger partial charge in [-0.2, -0.15) is 0 Å². The van der Waals surface area contributed by atoms with E-state index < -0.39 is 0 Å². The van der Waals surface area contributed by atoms with Gasteiger partial charge in [-0.3, -0.25) is 0 Å². The van der Waals surface area contributed by atoms with Gasteiger partial charge in [0.2, 0.25) is 0 Å². The zero-order valence-electron chi connectivity index (χ0n) is 9.15. The molecule has 0 radical (unpaired) electrons. The van der Waals surface area contributed by atoms with E-state index in [2.05, 4.69) is 34.2 Å². The Morgan fingerprint density at radius 3 is 2.94 bits per heavy atom. The number of hydrogen-bond donors (Lipinski definition) is 0. The summed E-state index contributed by atoms with van der Waals surface area (Å²) in [5, 5.41) is -0.307. The molecule has 0 spiro atoms. The number of halogens is 1. The third-order valence-electron chi connectivity index (χ3n) is 3.05. The van der Waals surface area contributed by atoms with Crippen molar-refractivity contribution in [2.24, 2.45) is 0 Å². The predicted octanol–water partition coefficient (Wildman–Crippen LogP) is 3.98. The minimum atomic E-state index is -0.307. The molecule has 0 amide bonds. The molecule has 1 atom stereocenters. The first-order chi connectivity index (χ1) is 8.25. The average molecular weight is 291 g/mol. The molecule has 1 unspecified atom stereocenters. The van der Waals surface area contributed by atoms with Gasteiger partial charge in [-0.25, -0.2) is 4.79 Å². The number of benzene rings is 1. The lowest BCUT2D eigenvalue weighted by atomic mass is 9.96. The van der Waals surface area contributed by atoms with Crippen LogP contribution in [0, 0.1) is 0 Å². The van der Waals surface area contributed by atoms with Gasteiger partial charge in [-0.05, 0) is 52.0 Å². The molecular weight excluding hydrogens is 280 g/mol. The molecule has 1 heterocycles. The summed E-state index contributed by atoms with van der Waals surface area (Å²) < 4.78 is 5.11. The number of alkyl halides is 1. The van der Waals surface area contributed by atoms with Crippen molar-refractivity contribution in [3.8, 4) is 0 Å². The molecule has 1 aliphatic carbocycles. The lowest BCUT2D eigenvalue weighted by Crippen LogP contribution is -1.94. The van der Waals surface area contributed by atoms with Crippen molar-refractivity contribution < 1.29 is 9.53 Å². The van der Waals surface area contributed by atoms with Crippen LogP contribution in [0.15, 0.2) is 36.4 Å². The van der Waals surface area contributed by atoms with Gasteiger partial charge in [0.15, 0.2) is 5.01 Å². The van der Waals surface area contributed by atoms with Gasteiger partial charge in [0.25, 0.3) is 0 Å². The zero-order valence-corrected chi connectivity index (χ0v) is 10.7. The molecule has 0 saturated carbocycles. The van der Waals surface area contributed by atoms with Crippen molar-refractivity contribution >= 4 is 27.5 Å². The second kappa shape index (κ2) is 4.15. The van der Waals surface area contributed by atoms with E-state index in [-0.39, 0.29) is 11.0 Å².